The first-order valence-corrected chi connectivity index (χ1v) is 8.75. The van der Waals surface area contributed by atoms with Crippen LogP contribution in [0.15, 0.2) is 18.5 Å². The number of nitrogens with zero attached hydrogens (tertiary/aromatic N) is 5. The topological polar surface area (TPSA) is 90.3 Å². The SMILES string of the molecule is CN1CCC(CN(C)Cc2cn[nH]c2-c2ccnn2C)C1.O=C(O)C(F)(F)F. The second kappa shape index (κ2) is 9.20. The van der Waals surface area contributed by atoms with E-state index in [9.17, 15) is 13.2 Å². The van der Waals surface area contributed by atoms with Crippen molar-refractivity contribution in [1.29, 1.82) is 0 Å². The van der Waals surface area contributed by atoms with Crippen molar-refractivity contribution in [2.45, 2.75) is 19.1 Å². The van der Waals surface area contributed by atoms with E-state index in [0.717, 1.165) is 30.4 Å². The third-order valence-electron chi connectivity index (χ3n) is 4.54. The minimum Gasteiger partial charge on any atom is -0.475 e. The molecule has 8 nitrogen and oxygen atoms in total. The van der Waals surface area contributed by atoms with Gasteiger partial charge in [-0.1, -0.05) is 0 Å². The Kier molecular flexibility index (Phi) is 7.19. The normalized spacial score (nSPS) is 17.6. The highest BCUT2D eigenvalue weighted by Gasteiger charge is 2.38. The van der Waals surface area contributed by atoms with Gasteiger partial charge in [0.1, 0.15) is 0 Å². The van der Waals surface area contributed by atoms with Gasteiger partial charge >= 0.3 is 12.1 Å². The van der Waals surface area contributed by atoms with Gasteiger partial charge in [0.05, 0.1) is 17.6 Å². The van der Waals surface area contributed by atoms with E-state index in [1.54, 1.807) is 0 Å². The molecule has 0 saturated carbocycles. The molecule has 28 heavy (non-hydrogen) atoms. The summed E-state index contributed by atoms with van der Waals surface area (Å²) in [6, 6.07) is 2.02. The summed E-state index contributed by atoms with van der Waals surface area (Å²) in [7, 11) is 6.35. The molecule has 1 saturated heterocycles. The number of halogens is 3. The second-order valence-electron chi connectivity index (χ2n) is 7.03. The number of carboxylic acids is 1. The van der Waals surface area contributed by atoms with E-state index in [1.807, 2.05) is 30.2 Å². The van der Waals surface area contributed by atoms with E-state index in [0.29, 0.717) is 0 Å². The molecule has 0 spiro atoms. The molecule has 0 radical (unpaired) electrons. The number of H-pyrrole nitrogens is 1. The van der Waals surface area contributed by atoms with Crippen LogP contribution in [0.2, 0.25) is 0 Å². The summed E-state index contributed by atoms with van der Waals surface area (Å²) in [6.45, 7) is 4.49. The molecule has 2 aromatic rings. The molecular weight excluding hydrogens is 377 g/mol. The molecule has 1 aliphatic rings. The van der Waals surface area contributed by atoms with Crippen molar-refractivity contribution in [2.75, 3.05) is 33.7 Å². The number of aryl methyl sites for hydroxylation is 1. The summed E-state index contributed by atoms with van der Waals surface area (Å²) < 4.78 is 33.6. The van der Waals surface area contributed by atoms with Gasteiger partial charge in [0, 0.05) is 38.4 Å². The zero-order chi connectivity index (χ0) is 20.9. The molecule has 11 heteroatoms. The van der Waals surface area contributed by atoms with E-state index in [4.69, 9.17) is 9.90 Å². The highest BCUT2D eigenvalue weighted by Crippen LogP contribution is 2.22. The van der Waals surface area contributed by atoms with E-state index < -0.39 is 12.1 Å². The van der Waals surface area contributed by atoms with Crippen molar-refractivity contribution in [1.82, 2.24) is 29.8 Å². The summed E-state index contributed by atoms with van der Waals surface area (Å²) in [6.07, 6.45) is -0.0293. The van der Waals surface area contributed by atoms with Crippen molar-refractivity contribution in [3.8, 4) is 11.4 Å². The van der Waals surface area contributed by atoms with Crippen LogP contribution in [-0.4, -0.2) is 80.8 Å². The molecule has 1 fully saturated rings. The average molecular weight is 402 g/mol. The Morgan fingerprint density at radius 2 is 2.11 bits per heavy atom. The molecule has 0 bridgehead atoms. The fourth-order valence-electron chi connectivity index (χ4n) is 3.24. The maximum Gasteiger partial charge on any atom is 0.490 e. The number of carbonyl (C=O) groups is 1. The van der Waals surface area contributed by atoms with Gasteiger partial charge in [0.2, 0.25) is 0 Å². The number of hydrogen-bond acceptors (Lipinski definition) is 5. The summed E-state index contributed by atoms with van der Waals surface area (Å²) >= 11 is 0. The van der Waals surface area contributed by atoms with Gasteiger partial charge in [-0.3, -0.25) is 9.78 Å². The van der Waals surface area contributed by atoms with Crippen LogP contribution in [0.4, 0.5) is 13.2 Å². The zero-order valence-corrected chi connectivity index (χ0v) is 16.1. The third kappa shape index (κ3) is 6.06. The lowest BCUT2D eigenvalue weighted by molar-refractivity contribution is -0.192. The van der Waals surface area contributed by atoms with Gasteiger partial charge in [-0.25, -0.2) is 4.79 Å². The lowest BCUT2D eigenvalue weighted by Crippen LogP contribution is -2.27. The fourth-order valence-corrected chi connectivity index (χ4v) is 3.24. The molecule has 0 aromatic carbocycles. The van der Waals surface area contributed by atoms with Gasteiger partial charge in [0.25, 0.3) is 0 Å². The van der Waals surface area contributed by atoms with E-state index in [2.05, 4.69) is 39.2 Å². The van der Waals surface area contributed by atoms with E-state index in [1.165, 1.54) is 25.1 Å². The number of hydrogen-bond donors (Lipinski definition) is 2. The Balaban J connectivity index is 0.000000345. The van der Waals surface area contributed by atoms with Crippen molar-refractivity contribution in [2.24, 2.45) is 13.0 Å². The highest BCUT2D eigenvalue weighted by atomic mass is 19.4. The predicted octanol–water partition coefficient (Wildman–Crippen LogP) is 1.83. The molecular formula is C17H25F3N6O2. The fraction of sp³-hybridized carbons (Fsp3) is 0.588. The smallest absolute Gasteiger partial charge is 0.475 e. The molecule has 0 amide bonds. The Bertz CT molecular complexity index is 773. The Morgan fingerprint density at radius 3 is 2.61 bits per heavy atom. The Labute approximate surface area is 160 Å². The summed E-state index contributed by atoms with van der Waals surface area (Å²) in [5.41, 5.74) is 3.38. The van der Waals surface area contributed by atoms with Crippen LogP contribution in [-0.2, 0) is 18.4 Å². The maximum atomic E-state index is 10.6. The van der Waals surface area contributed by atoms with Crippen molar-refractivity contribution >= 4 is 5.97 Å². The van der Waals surface area contributed by atoms with Crippen LogP contribution in [0.25, 0.3) is 11.4 Å². The van der Waals surface area contributed by atoms with E-state index in [-0.39, 0.29) is 0 Å². The van der Waals surface area contributed by atoms with Crippen LogP contribution in [0.1, 0.15) is 12.0 Å². The molecule has 3 rings (SSSR count). The molecule has 1 aliphatic heterocycles. The van der Waals surface area contributed by atoms with Gasteiger partial charge in [-0.2, -0.15) is 23.4 Å². The van der Waals surface area contributed by atoms with Crippen LogP contribution in [0.5, 0.6) is 0 Å². The van der Waals surface area contributed by atoms with Crippen molar-refractivity contribution in [3.05, 3.63) is 24.0 Å². The number of aliphatic carboxylic acids is 1. The first kappa shape index (κ1) is 21.9. The van der Waals surface area contributed by atoms with E-state index >= 15 is 0 Å². The largest absolute Gasteiger partial charge is 0.490 e. The summed E-state index contributed by atoms with van der Waals surface area (Å²) in [5.74, 6) is -1.97. The average Bonchev–Trinajstić information content (AvgIpc) is 3.29. The number of carboxylic acid groups (broad SMARTS) is 1. The lowest BCUT2D eigenvalue weighted by atomic mass is 10.1. The Hall–Kier alpha value is -2.40. The van der Waals surface area contributed by atoms with Crippen LogP contribution >= 0.6 is 0 Å². The zero-order valence-electron chi connectivity index (χ0n) is 16.1. The van der Waals surface area contributed by atoms with Gasteiger partial charge in [-0.05, 0) is 39.0 Å². The first-order valence-electron chi connectivity index (χ1n) is 8.75. The maximum absolute atomic E-state index is 10.6. The van der Waals surface area contributed by atoms with Crippen molar-refractivity contribution < 1.29 is 23.1 Å². The van der Waals surface area contributed by atoms with Gasteiger partial charge in [0.15, 0.2) is 0 Å². The molecule has 1 unspecified atom stereocenters. The minimum atomic E-state index is -5.08. The number of likely N-dealkylation sites (tertiary alicyclic amines) is 1. The number of aromatic amines is 1. The molecule has 3 heterocycles. The summed E-state index contributed by atoms with van der Waals surface area (Å²) in [5, 5.41) is 18.7. The third-order valence-corrected chi connectivity index (χ3v) is 4.54. The molecule has 0 aliphatic carbocycles. The lowest BCUT2D eigenvalue weighted by Gasteiger charge is -2.20. The molecule has 2 N–H and O–H groups in total. The second-order valence-corrected chi connectivity index (χ2v) is 7.03. The Morgan fingerprint density at radius 1 is 1.43 bits per heavy atom. The van der Waals surface area contributed by atoms with Crippen LogP contribution in [0.3, 0.4) is 0 Å². The number of alkyl halides is 3. The number of aromatic nitrogens is 4. The first-order chi connectivity index (χ1) is 13.1. The molecule has 156 valence electrons. The van der Waals surface area contributed by atoms with Crippen LogP contribution in [0, 0.1) is 5.92 Å². The molecule has 2 aromatic heterocycles. The molecule has 1 atom stereocenters. The van der Waals surface area contributed by atoms with Gasteiger partial charge in [-0.15, -0.1) is 0 Å². The minimum absolute atomic E-state index is 0.784. The predicted molar refractivity (Wildman–Crippen MR) is 96.4 cm³/mol. The quantitative estimate of drug-likeness (QED) is 0.793. The van der Waals surface area contributed by atoms with Crippen LogP contribution < -0.4 is 0 Å². The van der Waals surface area contributed by atoms with Crippen molar-refractivity contribution in [3.63, 3.8) is 0 Å². The highest BCUT2D eigenvalue weighted by molar-refractivity contribution is 5.73. The monoisotopic (exact) mass is 402 g/mol. The summed E-state index contributed by atoms with van der Waals surface area (Å²) in [4.78, 5) is 13.7. The number of nitrogens with one attached hydrogen (secondary N) is 1. The number of rotatable bonds is 5. The standard InChI is InChI=1S/C15H24N6.C2HF3O2/c1-19-7-5-12(9-19)10-20(2)11-13-8-16-18-15(13)14-4-6-17-21(14)3;3-2(4,5)1(6)7/h4,6,8,12H,5,7,9-11H2,1-3H3,(H,16,18);(H,6,7). The van der Waals surface area contributed by atoms with Gasteiger partial charge < -0.3 is 14.9 Å².